The minimum absolute atomic E-state index is 0.257. The van der Waals surface area contributed by atoms with Crippen LogP contribution in [0.15, 0.2) is 35.7 Å². The summed E-state index contributed by atoms with van der Waals surface area (Å²) in [5.74, 6) is 2.56. The van der Waals surface area contributed by atoms with E-state index in [1.807, 2.05) is 6.07 Å². The van der Waals surface area contributed by atoms with E-state index in [1.54, 1.807) is 11.3 Å². The molecule has 0 bridgehead atoms. The van der Waals surface area contributed by atoms with E-state index in [0.29, 0.717) is 17.6 Å². The average molecular weight is 487 g/mol. The standard InChI is InChI=1S/C25H31ClN4O2S/c26-14-21-27-23(22-20(16-33-24(22)28-21)18-4-2-1-3-5-18)29-12-8-19(9-13-29)25(32)30-10-6-17(15-31)7-11-30/h1-5,16-17,19,25,31-32H,6-15H2. The number of hydrogen-bond acceptors (Lipinski definition) is 7. The van der Waals surface area contributed by atoms with Crippen LogP contribution in [0.2, 0.25) is 0 Å². The highest BCUT2D eigenvalue weighted by atomic mass is 35.5. The van der Waals surface area contributed by atoms with Crippen molar-refractivity contribution in [3.05, 3.63) is 41.5 Å². The highest BCUT2D eigenvalue weighted by Crippen LogP contribution is 2.40. The number of thiophene rings is 1. The van der Waals surface area contributed by atoms with Crippen LogP contribution in [-0.2, 0) is 5.88 Å². The van der Waals surface area contributed by atoms with Crippen molar-refractivity contribution in [1.82, 2.24) is 14.9 Å². The van der Waals surface area contributed by atoms with Gasteiger partial charge in [0.1, 0.15) is 22.7 Å². The van der Waals surface area contributed by atoms with Crippen LogP contribution in [0.5, 0.6) is 0 Å². The van der Waals surface area contributed by atoms with E-state index < -0.39 is 6.23 Å². The number of piperidine rings is 2. The van der Waals surface area contributed by atoms with Gasteiger partial charge in [-0.05, 0) is 37.2 Å². The van der Waals surface area contributed by atoms with Crippen molar-refractivity contribution in [3.8, 4) is 11.1 Å². The predicted molar refractivity (Wildman–Crippen MR) is 135 cm³/mol. The van der Waals surface area contributed by atoms with Gasteiger partial charge in [0.05, 0.1) is 11.3 Å². The van der Waals surface area contributed by atoms with Crippen molar-refractivity contribution >= 4 is 39.0 Å². The van der Waals surface area contributed by atoms with Crippen LogP contribution < -0.4 is 4.90 Å². The zero-order valence-electron chi connectivity index (χ0n) is 18.7. The molecule has 2 saturated heterocycles. The second-order valence-corrected chi connectivity index (χ2v) is 10.3. The largest absolute Gasteiger partial charge is 0.396 e. The van der Waals surface area contributed by atoms with Gasteiger partial charge in [-0.1, -0.05) is 30.3 Å². The van der Waals surface area contributed by atoms with Crippen LogP contribution in [0.25, 0.3) is 21.3 Å². The first kappa shape index (κ1) is 23.0. The molecule has 4 heterocycles. The van der Waals surface area contributed by atoms with Gasteiger partial charge in [-0.25, -0.2) is 9.97 Å². The van der Waals surface area contributed by atoms with Crippen LogP contribution in [0.4, 0.5) is 5.82 Å². The first-order chi connectivity index (χ1) is 16.2. The van der Waals surface area contributed by atoms with Gasteiger partial charge in [0.15, 0.2) is 0 Å². The molecule has 1 atom stereocenters. The third-order valence-electron chi connectivity index (χ3n) is 7.21. The fraction of sp³-hybridized carbons (Fsp3) is 0.520. The molecular formula is C25H31ClN4O2S. The fourth-order valence-electron chi connectivity index (χ4n) is 5.19. The molecule has 2 aliphatic rings. The number of hydrogen-bond donors (Lipinski definition) is 2. The molecule has 0 amide bonds. The Morgan fingerprint density at radius 1 is 1.03 bits per heavy atom. The Morgan fingerprint density at radius 3 is 2.42 bits per heavy atom. The number of anilines is 1. The number of fused-ring (bicyclic) bond motifs is 1. The first-order valence-corrected chi connectivity index (χ1v) is 13.3. The van der Waals surface area contributed by atoms with Crippen LogP contribution in [0.3, 0.4) is 0 Å². The molecule has 1 unspecified atom stereocenters. The van der Waals surface area contributed by atoms with Crippen LogP contribution in [-0.4, -0.2) is 64.1 Å². The number of aromatic nitrogens is 2. The number of halogens is 1. The van der Waals surface area contributed by atoms with E-state index >= 15 is 0 Å². The van der Waals surface area contributed by atoms with Gasteiger partial charge >= 0.3 is 0 Å². The van der Waals surface area contributed by atoms with E-state index in [1.165, 1.54) is 11.1 Å². The Balaban J connectivity index is 1.35. The Morgan fingerprint density at radius 2 is 1.76 bits per heavy atom. The van der Waals surface area contributed by atoms with Crippen molar-refractivity contribution < 1.29 is 10.2 Å². The van der Waals surface area contributed by atoms with Crippen LogP contribution in [0.1, 0.15) is 31.5 Å². The van der Waals surface area contributed by atoms with Crippen molar-refractivity contribution in [2.24, 2.45) is 11.8 Å². The predicted octanol–water partition coefficient (Wildman–Crippen LogP) is 4.34. The molecule has 2 N–H and O–H groups in total. The molecule has 33 heavy (non-hydrogen) atoms. The molecule has 0 saturated carbocycles. The van der Waals surface area contributed by atoms with Crippen molar-refractivity contribution in [2.45, 2.75) is 37.8 Å². The van der Waals surface area contributed by atoms with Gasteiger partial charge in [0.25, 0.3) is 0 Å². The van der Waals surface area contributed by atoms with E-state index in [0.717, 1.165) is 67.9 Å². The molecule has 2 aliphatic heterocycles. The normalized spacial score (nSPS) is 19.9. The number of likely N-dealkylation sites (tertiary alicyclic amines) is 1. The summed E-state index contributed by atoms with van der Waals surface area (Å²) in [7, 11) is 0. The lowest BCUT2D eigenvalue weighted by atomic mass is 9.91. The quantitative estimate of drug-likeness (QED) is 0.505. The van der Waals surface area contributed by atoms with E-state index in [2.05, 4.69) is 39.4 Å². The van der Waals surface area contributed by atoms with Gasteiger partial charge in [0.2, 0.25) is 0 Å². The number of nitrogens with zero attached hydrogens (tertiary/aromatic N) is 4. The van der Waals surface area contributed by atoms with E-state index in [-0.39, 0.29) is 12.5 Å². The molecule has 176 valence electrons. The SMILES string of the molecule is OCC1CCN(C(O)C2CCN(c3nc(CCl)nc4scc(-c5ccccc5)c34)CC2)CC1. The maximum absolute atomic E-state index is 11.0. The summed E-state index contributed by atoms with van der Waals surface area (Å²) in [5.41, 5.74) is 2.34. The summed E-state index contributed by atoms with van der Waals surface area (Å²) in [4.78, 5) is 15.1. The van der Waals surface area contributed by atoms with Crippen LogP contribution >= 0.6 is 22.9 Å². The molecule has 0 spiro atoms. The first-order valence-electron chi connectivity index (χ1n) is 11.9. The fourth-order valence-corrected chi connectivity index (χ4v) is 6.27. The highest BCUT2D eigenvalue weighted by molar-refractivity contribution is 7.17. The summed E-state index contributed by atoms with van der Waals surface area (Å²) < 4.78 is 0. The van der Waals surface area contributed by atoms with Gasteiger partial charge in [-0.15, -0.1) is 22.9 Å². The zero-order chi connectivity index (χ0) is 22.8. The van der Waals surface area contributed by atoms with Gasteiger partial charge < -0.3 is 15.1 Å². The van der Waals surface area contributed by atoms with Crippen molar-refractivity contribution in [2.75, 3.05) is 37.7 Å². The minimum atomic E-state index is -0.406. The molecule has 0 aliphatic carbocycles. The molecular weight excluding hydrogens is 456 g/mol. The van der Waals surface area contributed by atoms with Crippen molar-refractivity contribution in [1.29, 1.82) is 0 Å². The van der Waals surface area contributed by atoms with Crippen molar-refractivity contribution in [3.63, 3.8) is 0 Å². The molecule has 2 fully saturated rings. The number of aliphatic hydroxyl groups excluding tert-OH is 2. The summed E-state index contributed by atoms with van der Waals surface area (Å²) in [6.07, 6.45) is 3.37. The van der Waals surface area contributed by atoms with Gasteiger partial charge in [-0.3, -0.25) is 4.90 Å². The van der Waals surface area contributed by atoms with Gasteiger partial charge in [-0.2, -0.15) is 0 Å². The smallest absolute Gasteiger partial charge is 0.147 e. The maximum Gasteiger partial charge on any atom is 0.147 e. The Bertz CT molecular complexity index is 1060. The number of rotatable bonds is 6. The van der Waals surface area contributed by atoms with Gasteiger partial charge in [0, 0.05) is 49.6 Å². The number of aliphatic hydroxyl groups is 2. The molecule has 1 aromatic carbocycles. The summed E-state index contributed by atoms with van der Waals surface area (Å²) in [5, 5.41) is 23.7. The lowest BCUT2D eigenvalue weighted by molar-refractivity contribution is -0.0643. The molecule has 8 heteroatoms. The lowest BCUT2D eigenvalue weighted by Crippen LogP contribution is -2.48. The molecule has 6 nitrogen and oxygen atoms in total. The Hall–Kier alpha value is -1.77. The van der Waals surface area contributed by atoms with E-state index in [9.17, 15) is 10.2 Å². The summed E-state index contributed by atoms with van der Waals surface area (Å²) in [6.45, 7) is 3.70. The number of alkyl halides is 1. The Labute approximate surface area is 203 Å². The minimum Gasteiger partial charge on any atom is -0.396 e. The molecule has 3 aromatic rings. The molecule has 2 aromatic heterocycles. The van der Waals surface area contributed by atoms with Crippen LogP contribution in [0, 0.1) is 11.8 Å². The second kappa shape index (κ2) is 10.2. The average Bonchev–Trinajstić information content (AvgIpc) is 3.32. The monoisotopic (exact) mass is 486 g/mol. The second-order valence-electron chi connectivity index (χ2n) is 9.19. The summed E-state index contributed by atoms with van der Waals surface area (Å²) >= 11 is 7.78. The number of benzene rings is 1. The lowest BCUT2D eigenvalue weighted by Gasteiger charge is -2.41. The highest BCUT2D eigenvalue weighted by Gasteiger charge is 2.32. The summed E-state index contributed by atoms with van der Waals surface area (Å²) in [6, 6.07) is 10.4. The molecule has 5 rings (SSSR count). The maximum atomic E-state index is 11.0. The zero-order valence-corrected chi connectivity index (χ0v) is 20.3. The topological polar surface area (TPSA) is 72.7 Å². The molecule has 0 radical (unpaired) electrons. The third-order valence-corrected chi connectivity index (χ3v) is 8.32. The van der Waals surface area contributed by atoms with E-state index in [4.69, 9.17) is 21.6 Å². The third kappa shape index (κ3) is 4.75. The Kier molecular flexibility index (Phi) is 7.13.